The Hall–Kier alpha value is -1.72. The van der Waals surface area contributed by atoms with Gasteiger partial charge in [-0.15, -0.1) is 0 Å². The van der Waals surface area contributed by atoms with Crippen molar-refractivity contribution in [3.05, 3.63) is 41.8 Å². The number of nitrogens with zero attached hydrogens (tertiary/aromatic N) is 3. The topological polar surface area (TPSA) is 35.2 Å². The van der Waals surface area contributed by atoms with Crippen molar-refractivity contribution < 1.29 is 4.39 Å². The van der Waals surface area contributed by atoms with E-state index in [4.69, 9.17) is 0 Å². The Labute approximate surface area is 137 Å². The van der Waals surface area contributed by atoms with E-state index in [0.717, 1.165) is 36.8 Å². The van der Waals surface area contributed by atoms with E-state index in [1.807, 2.05) is 6.20 Å². The van der Waals surface area contributed by atoms with Crippen LogP contribution in [0.3, 0.4) is 0 Å². The van der Waals surface area contributed by atoms with Gasteiger partial charge < -0.3 is 4.90 Å². The van der Waals surface area contributed by atoms with Gasteiger partial charge in [0.05, 0.1) is 11.9 Å². The van der Waals surface area contributed by atoms with Crippen molar-refractivity contribution in [2.45, 2.75) is 19.9 Å². The van der Waals surface area contributed by atoms with Crippen LogP contribution in [-0.4, -0.2) is 53.2 Å². The maximum atomic E-state index is 13.1. The number of aromatic nitrogens is 2. The van der Waals surface area contributed by atoms with Gasteiger partial charge in [-0.2, -0.15) is 5.10 Å². The Morgan fingerprint density at radius 2 is 2.13 bits per heavy atom. The molecule has 124 valence electrons. The molecule has 2 aromatic rings. The zero-order chi connectivity index (χ0) is 16.2. The molecule has 5 heteroatoms. The van der Waals surface area contributed by atoms with E-state index in [9.17, 15) is 4.39 Å². The molecule has 0 bridgehead atoms. The maximum absolute atomic E-state index is 13.1. The molecule has 1 saturated heterocycles. The maximum Gasteiger partial charge on any atom is 0.123 e. The predicted octanol–water partition coefficient (Wildman–Crippen LogP) is 2.99. The second-order valence-electron chi connectivity index (χ2n) is 6.52. The Kier molecular flexibility index (Phi) is 5.08. The number of likely N-dealkylation sites (tertiary alicyclic amines) is 1. The number of rotatable bonds is 6. The summed E-state index contributed by atoms with van der Waals surface area (Å²) in [6, 6.07) is 6.58. The van der Waals surface area contributed by atoms with E-state index < -0.39 is 0 Å². The molecule has 1 fully saturated rings. The Morgan fingerprint density at radius 1 is 1.35 bits per heavy atom. The SMILES string of the molecule is CCN(Cc1cn[nH]c1-c1ccc(F)cc1)C[C@@H]1CCN(C)C1. The largest absolute Gasteiger partial charge is 0.306 e. The lowest BCUT2D eigenvalue weighted by atomic mass is 10.1. The standard InChI is InChI=1S/C18H25FN4/c1-3-23(12-14-8-9-22(2)11-14)13-16-10-20-21-18(16)15-4-6-17(19)7-5-15/h4-7,10,14H,3,8-9,11-13H2,1-2H3,(H,20,21)/t14-/m1/s1. The van der Waals surface area contributed by atoms with Crippen molar-refractivity contribution in [1.29, 1.82) is 0 Å². The van der Waals surface area contributed by atoms with Crippen molar-refractivity contribution in [2.75, 3.05) is 33.2 Å². The second kappa shape index (κ2) is 7.23. The highest BCUT2D eigenvalue weighted by Crippen LogP contribution is 2.23. The molecule has 0 saturated carbocycles. The molecular formula is C18H25FN4. The third-order valence-electron chi connectivity index (χ3n) is 4.70. The summed E-state index contributed by atoms with van der Waals surface area (Å²) in [6.07, 6.45) is 3.17. The van der Waals surface area contributed by atoms with Gasteiger partial charge in [0.25, 0.3) is 0 Å². The average Bonchev–Trinajstić information content (AvgIpc) is 3.16. The van der Waals surface area contributed by atoms with Crippen molar-refractivity contribution in [2.24, 2.45) is 5.92 Å². The van der Waals surface area contributed by atoms with Crippen LogP contribution in [0.15, 0.2) is 30.5 Å². The molecule has 23 heavy (non-hydrogen) atoms. The van der Waals surface area contributed by atoms with Crippen molar-refractivity contribution in [1.82, 2.24) is 20.0 Å². The third kappa shape index (κ3) is 3.98. The fourth-order valence-electron chi connectivity index (χ4n) is 3.38. The van der Waals surface area contributed by atoms with Gasteiger partial charge in [-0.1, -0.05) is 6.92 Å². The summed E-state index contributed by atoms with van der Waals surface area (Å²) in [5.41, 5.74) is 3.15. The first-order valence-corrected chi connectivity index (χ1v) is 8.34. The van der Waals surface area contributed by atoms with Gasteiger partial charge in [0, 0.05) is 30.8 Å². The Bertz CT molecular complexity index is 622. The average molecular weight is 316 g/mol. The van der Waals surface area contributed by atoms with Gasteiger partial charge >= 0.3 is 0 Å². The Morgan fingerprint density at radius 3 is 2.78 bits per heavy atom. The molecule has 1 N–H and O–H groups in total. The number of benzene rings is 1. The van der Waals surface area contributed by atoms with Crippen LogP contribution in [0.4, 0.5) is 4.39 Å². The number of nitrogens with one attached hydrogen (secondary N) is 1. The van der Waals surface area contributed by atoms with Crippen LogP contribution in [0.2, 0.25) is 0 Å². The molecule has 0 unspecified atom stereocenters. The van der Waals surface area contributed by atoms with Gasteiger partial charge in [0.2, 0.25) is 0 Å². The summed E-state index contributed by atoms with van der Waals surface area (Å²) < 4.78 is 13.1. The first-order valence-electron chi connectivity index (χ1n) is 8.34. The summed E-state index contributed by atoms with van der Waals surface area (Å²) in [7, 11) is 2.19. The molecule has 0 radical (unpaired) electrons. The molecule has 1 aliphatic rings. The lowest BCUT2D eigenvalue weighted by Crippen LogP contribution is -2.30. The minimum Gasteiger partial charge on any atom is -0.306 e. The zero-order valence-electron chi connectivity index (χ0n) is 13.9. The second-order valence-corrected chi connectivity index (χ2v) is 6.52. The molecule has 0 amide bonds. The van der Waals surface area contributed by atoms with E-state index >= 15 is 0 Å². The van der Waals surface area contributed by atoms with E-state index in [2.05, 4.69) is 34.0 Å². The number of halogens is 1. The molecule has 1 aliphatic heterocycles. The first kappa shape index (κ1) is 16.1. The van der Waals surface area contributed by atoms with Crippen molar-refractivity contribution in [3.8, 4) is 11.3 Å². The van der Waals surface area contributed by atoms with Crippen LogP contribution in [0.25, 0.3) is 11.3 Å². The lowest BCUT2D eigenvalue weighted by Gasteiger charge is -2.24. The van der Waals surface area contributed by atoms with E-state index in [1.54, 1.807) is 12.1 Å². The zero-order valence-corrected chi connectivity index (χ0v) is 13.9. The normalized spacial score (nSPS) is 18.9. The summed E-state index contributed by atoms with van der Waals surface area (Å²) in [4.78, 5) is 4.88. The summed E-state index contributed by atoms with van der Waals surface area (Å²) >= 11 is 0. The molecule has 3 rings (SSSR count). The monoisotopic (exact) mass is 316 g/mol. The summed E-state index contributed by atoms with van der Waals surface area (Å²) in [5.74, 6) is 0.538. The highest BCUT2D eigenvalue weighted by Gasteiger charge is 2.22. The molecule has 1 atom stereocenters. The lowest BCUT2D eigenvalue weighted by molar-refractivity contribution is 0.233. The van der Waals surface area contributed by atoms with Crippen LogP contribution in [-0.2, 0) is 6.54 Å². The molecular weight excluding hydrogens is 291 g/mol. The smallest absolute Gasteiger partial charge is 0.123 e. The number of aromatic amines is 1. The molecule has 1 aromatic carbocycles. The van der Waals surface area contributed by atoms with Crippen LogP contribution in [0, 0.1) is 11.7 Å². The first-order chi connectivity index (χ1) is 11.2. The van der Waals surface area contributed by atoms with Gasteiger partial charge in [-0.05, 0) is 56.7 Å². The molecule has 2 heterocycles. The predicted molar refractivity (Wildman–Crippen MR) is 90.5 cm³/mol. The van der Waals surface area contributed by atoms with Gasteiger partial charge in [0.1, 0.15) is 5.82 Å². The fourth-order valence-corrected chi connectivity index (χ4v) is 3.38. The minimum atomic E-state index is -0.213. The minimum absolute atomic E-state index is 0.213. The van der Waals surface area contributed by atoms with Gasteiger partial charge in [-0.25, -0.2) is 4.39 Å². The van der Waals surface area contributed by atoms with Gasteiger partial charge in [-0.3, -0.25) is 10.00 Å². The molecule has 0 aliphatic carbocycles. The van der Waals surface area contributed by atoms with Crippen LogP contribution in [0.1, 0.15) is 18.9 Å². The molecule has 4 nitrogen and oxygen atoms in total. The fraction of sp³-hybridized carbons (Fsp3) is 0.500. The number of hydrogen-bond acceptors (Lipinski definition) is 3. The molecule has 0 spiro atoms. The quantitative estimate of drug-likeness (QED) is 0.890. The third-order valence-corrected chi connectivity index (χ3v) is 4.70. The number of hydrogen-bond donors (Lipinski definition) is 1. The van der Waals surface area contributed by atoms with Crippen molar-refractivity contribution >= 4 is 0 Å². The van der Waals surface area contributed by atoms with Gasteiger partial charge in [0.15, 0.2) is 0 Å². The molecule has 1 aromatic heterocycles. The highest BCUT2D eigenvalue weighted by atomic mass is 19.1. The van der Waals surface area contributed by atoms with E-state index in [1.165, 1.54) is 37.2 Å². The highest BCUT2D eigenvalue weighted by molar-refractivity contribution is 5.62. The Balaban J connectivity index is 1.69. The summed E-state index contributed by atoms with van der Waals surface area (Å²) in [6.45, 7) is 7.61. The number of H-pyrrole nitrogens is 1. The van der Waals surface area contributed by atoms with Crippen LogP contribution >= 0.6 is 0 Å². The van der Waals surface area contributed by atoms with Crippen LogP contribution in [0.5, 0.6) is 0 Å². The summed E-state index contributed by atoms with van der Waals surface area (Å²) in [5, 5.41) is 7.26. The van der Waals surface area contributed by atoms with Crippen molar-refractivity contribution in [3.63, 3.8) is 0 Å². The van der Waals surface area contributed by atoms with E-state index in [0.29, 0.717) is 0 Å². The van der Waals surface area contributed by atoms with E-state index in [-0.39, 0.29) is 5.82 Å². The van der Waals surface area contributed by atoms with Crippen LogP contribution < -0.4 is 0 Å².